The Hall–Kier alpha value is -7.27. The second-order valence-corrected chi connectivity index (χ2v) is 17.0. The Labute approximate surface area is 371 Å². The van der Waals surface area contributed by atoms with Crippen molar-refractivity contribution in [1.29, 1.82) is 5.26 Å². The molecule has 1 atom stereocenters. The average molecular weight is 913 g/mol. The normalized spacial score (nSPS) is 15.9. The summed E-state index contributed by atoms with van der Waals surface area (Å²) < 4.78 is 104. The summed E-state index contributed by atoms with van der Waals surface area (Å²) in [5.74, 6) is -1.27. The van der Waals surface area contributed by atoms with Crippen molar-refractivity contribution in [3.8, 4) is 17.5 Å². The fourth-order valence-electron chi connectivity index (χ4n) is 8.78. The number of benzene rings is 3. The van der Waals surface area contributed by atoms with E-state index in [-0.39, 0.29) is 61.3 Å². The number of alkyl halides is 6. The summed E-state index contributed by atoms with van der Waals surface area (Å²) in [5, 5.41) is 13.1. The van der Waals surface area contributed by atoms with Crippen molar-refractivity contribution < 1.29 is 40.3 Å². The van der Waals surface area contributed by atoms with E-state index in [1.54, 1.807) is 52.4 Å². The van der Waals surface area contributed by atoms with Crippen LogP contribution in [0.5, 0.6) is 5.75 Å². The molecular formula is C46H39F7N10O3. The fourth-order valence-corrected chi connectivity index (χ4v) is 8.78. The third kappa shape index (κ3) is 8.41. The number of hydrogen-bond acceptors (Lipinski definition) is 9. The molecule has 2 aliphatic heterocycles. The molecule has 0 aliphatic carbocycles. The van der Waals surface area contributed by atoms with Crippen LogP contribution in [0.15, 0.2) is 96.1 Å². The number of ether oxygens (including phenoxy) is 1. The Bertz CT molecular complexity index is 3100. The number of amides is 1. The van der Waals surface area contributed by atoms with Crippen molar-refractivity contribution in [2.75, 3.05) is 31.5 Å². The van der Waals surface area contributed by atoms with Crippen LogP contribution in [0.2, 0.25) is 0 Å². The summed E-state index contributed by atoms with van der Waals surface area (Å²) in [6.45, 7) is 3.07. The highest BCUT2D eigenvalue weighted by molar-refractivity contribution is 5.95. The van der Waals surface area contributed by atoms with E-state index in [0.717, 1.165) is 42.6 Å². The number of aromatic nitrogens is 6. The van der Waals surface area contributed by atoms with Crippen LogP contribution in [0.3, 0.4) is 0 Å². The number of halogens is 7. The maximum Gasteiger partial charge on any atom is 0.573 e. The van der Waals surface area contributed by atoms with Gasteiger partial charge in [-0.3, -0.25) is 13.9 Å². The molecular weight excluding hydrogens is 874 g/mol. The Morgan fingerprint density at radius 1 is 0.955 bits per heavy atom. The van der Waals surface area contributed by atoms with Gasteiger partial charge in [0.05, 0.1) is 48.1 Å². The van der Waals surface area contributed by atoms with Gasteiger partial charge in [0.2, 0.25) is 5.95 Å². The largest absolute Gasteiger partial charge is 0.573 e. The summed E-state index contributed by atoms with van der Waals surface area (Å²) in [7, 11) is 0. The molecule has 9 rings (SSSR count). The Balaban J connectivity index is 1.01. The number of nitrogens with one attached hydrogen (secondary N) is 1. The number of likely N-dealkylation sites (tertiary alicyclic amines) is 1. The van der Waals surface area contributed by atoms with Gasteiger partial charge in [0.15, 0.2) is 5.65 Å². The Kier molecular flexibility index (Phi) is 11.1. The minimum Gasteiger partial charge on any atom is -0.406 e. The topological polar surface area (TPSA) is 139 Å². The quantitative estimate of drug-likeness (QED) is 0.134. The number of pyridine rings is 1. The standard InChI is InChI=1S/C46H39F7N10O3/c1-44(2,45(48,49)50)26-59-18-15-32(24-59)63-40-37(22-56-42(58-40)57-30-9-13-33(14-10-30)66-46(51,52)53)62(43(63)65)31-11-7-28(8-12-31)41(64)60-19-16-34-35-4-3-17-55-39(35)61(38(34)25-60)23-29-6-5-27(21-54)20-36(29)47/h3-14,17,20,22,32H,15-16,18-19,23-26H2,1-2H3,(H,56,57,58)/t32-/m0/s1. The lowest BCUT2D eigenvalue weighted by molar-refractivity contribution is -0.274. The SMILES string of the molecule is CC(C)(CN1CC[C@H](n2c(=O)n(-c3ccc(C(=O)N4CCc5c(n(Cc6ccc(C#N)cc6F)c6ncccc56)C4)cc3)c3cnc(Nc4ccc(OC(F)(F)F)cc4)nc32)C1)C(F)(F)F. The second-order valence-electron chi connectivity index (χ2n) is 17.0. The summed E-state index contributed by atoms with van der Waals surface area (Å²) >= 11 is 0. The fraction of sp³-hybridized carbons (Fsp3) is 0.304. The molecule has 0 spiro atoms. The molecule has 340 valence electrons. The molecule has 3 aromatic carbocycles. The van der Waals surface area contributed by atoms with E-state index in [0.29, 0.717) is 47.5 Å². The van der Waals surface area contributed by atoms with E-state index in [1.807, 2.05) is 22.8 Å². The van der Waals surface area contributed by atoms with E-state index in [9.17, 15) is 41.2 Å². The van der Waals surface area contributed by atoms with Crippen molar-refractivity contribution in [2.45, 2.75) is 58.4 Å². The van der Waals surface area contributed by atoms with Gasteiger partial charge in [-0.15, -0.1) is 13.2 Å². The number of nitrogens with zero attached hydrogens (tertiary/aromatic N) is 9. The van der Waals surface area contributed by atoms with Gasteiger partial charge in [0, 0.05) is 60.3 Å². The minimum atomic E-state index is -4.88. The number of imidazole rings is 1. The first-order valence-electron chi connectivity index (χ1n) is 20.8. The average Bonchev–Trinajstić information content (AvgIpc) is 3.94. The zero-order chi connectivity index (χ0) is 46.7. The summed E-state index contributed by atoms with van der Waals surface area (Å²) in [5.41, 5.74) is 1.85. The van der Waals surface area contributed by atoms with E-state index in [1.165, 1.54) is 33.5 Å². The molecule has 2 aliphatic rings. The summed E-state index contributed by atoms with van der Waals surface area (Å²) in [4.78, 5) is 45.7. The first kappa shape index (κ1) is 44.0. The van der Waals surface area contributed by atoms with Crippen LogP contribution in [0.1, 0.15) is 59.1 Å². The van der Waals surface area contributed by atoms with Crippen LogP contribution in [-0.2, 0) is 19.5 Å². The number of rotatable bonds is 10. The van der Waals surface area contributed by atoms with Gasteiger partial charge in [-0.25, -0.2) is 19.2 Å². The predicted molar refractivity (Wildman–Crippen MR) is 228 cm³/mol. The number of nitriles is 1. The molecule has 1 N–H and O–H groups in total. The first-order chi connectivity index (χ1) is 31.4. The summed E-state index contributed by atoms with van der Waals surface area (Å²) in [6.07, 6.45) is -5.45. The lowest BCUT2D eigenvalue weighted by Gasteiger charge is -2.32. The molecule has 66 heavy (non-hydrogen) atoms. The van der Waals surface area contributed by atoms with Gasteiger partial charge in [0.1, 0.15) is 22.7 Å². The number of anilines is 2. The van der Waals surface area contributed by atoms with Gasteiger partial charge in [0.25, 0.3) is 5.91 Å². The molecule has 0 unspecified atom stereocenters. The van der Waals surface area contributed by atoms with E-state index >= 15 is 4.39 Å². The number of carbonyl (C=O) groups is 1. The lowest BCUT2D eigenvalue weighted by atomic mass is 9.92. The Morgan fingerprint density at radius 3 is 2.41 bits per heavy atom. The number of fused-ring (bicyclic) bond motifs is 4. The van der Waals surface area contributed by atoms with Crippen molar-refractivity contribution >= 4 is 39.7 Å². The highest BCUT2D eigenvalue weighted by atomic mass is 19.4. The molecule has 7 aromatic rings. The molecule has 0 radical (unpaired) electrons. The first-order valence-corrected chi connectivity index (χ1v) is 20.8. The van der Waals surface area contributed by atoms with Crippen LogP contribution in [0.4, 0.5) is 42.4 Å². The van der Waals surface area contributed by atoms with E-state index < -0.39 is 41.3 Å². The zero-order valence-corrected chi connectivity index (χ0v) is 35.3. The van der Waals surface area contributed by atoms with Gasteiger partial charge in [-0.2, -0.15) is 23.4 Å². The zero-order valence-electron chi connectivity index (χ0n) is 35.3. The lowest BCUT2D eigenvalue weighted by Crippen LogP contribution is -2.43. The molecule has 6 heterocycles. The van der Waals surface area contributed by atoms with E-state index in [2.05, 4.69) is 25.0 Å². The van der Waals surface area contributed by atoms with Crippen molar-refractivity contribution in [2.24, 2.45) is 5.41 Å². The van der Waals surface area contributed by atoms with Gasteiger partial charge in [-0.1, -0.05) is 6.07 Å². The maximum atomic E-state index is 15.1. The molecule has 4 aromatic heterocycles. The monoisotopic (exact) mass is 912 g/mol. The van der Waals surface area contributed by atoms with Crippen molar-refractivity contribution in [1.82, 2.24) is 38.5 Å². The number of carbonyl (C=O) groups excluding carboxylic acids is 1. The summed E-state index contributed by atoms with van der Waals surface area (Å²) in [6, 6.07) is 20.7. The predicted octanol–water partition coefficient (Wildman–Crippen LogP) is 8.67. The second kappa shape index (κ2) is 16.6. The van der Waals surface area contributed by atoms with Crippen molar-refractivity contribution in [3.63, 3.8) is 0 Å². The van der Waals surface area contributed by atoms with Crippen molar-refractivity contribution in [3.05, 3.63) is 136 Å². The van der Waals surface area contributed by atoms with Gasteiger partial charge in [-0.05, 0) is 105 Å². The van der Waals surface area contributed by atoms with Crippen LogP contribution in [-0.4, -0.2) is 83.1 Å². The molecule has 1 fully saturated rings. The van der Waals surface area contributed by atoms with Crippen LogP contribution in [0, 0.1) is 22.6 Å². The smallest absolute Gasteiger partial charge is 0.406 e. The molecule has 0 bridgehead atoms. The van der Waals surface area contributed by atoms with Gasteiger partial charge < -0.3 is 24.4 Å². The molecule has 1 saturated heterocycles. The third-order valence-corrected chi connectivity index (χ3v) is 12.1. The Morgan fingerprint density at radius 2 is 1.71 bits per heavy atom. The molecule has 13 nitrogen and oxygen atoms in total. The highest BCUT2D eigenvalue weighted by Crippen LogP contribution is 2.40. The minimum absolute atomic E-state index is 0.00607. The maximum absolute atomic E-state index is 15.1. The molecule has 1 amide bonds. The molecule has 20 heteroatoms. The van der Waals surface area contributed by atoms with Gasteiger partial charge >= 0.3 is 18.2 Å². The molecule has 0 saturated carbocycles. The number of hydrogen-bond donors (Lipinski definition) is 1. The highest BCUT2D eigenvalue weighted by Gasteiger charge is 2.49. The van der Waals surface area contributed by atoms with Crippen LogP contribution < -0.4 is 15.7 Å². The third-order valence-electron chi connectivity index (χ3n) is 12.1. The van der Waals surface area contributed by atoms with E-state index in [4.69, 9.17) is 0 Å². The van der Waals surface area contributed by atoms with Crippen LogP contribution >= 0.6 is 0 Å². The van der Waals surface area contributed by atoms with Crippen LogP contribution in [0.25, 0.3) is 27.9 Å².